The Morgan fingerprint density at radius 3 is 2.39 bits per heavy atom. The smallest absolute Gasteiger partial charge is 0.443 e. The first-order valence-corrected chi connectivity index (χ1v) is 17.1. The topological polar surface area (TPSA) is 201 Å². The quantitative estimate of drug-likeness (QED) is 0.140. The van der Waals surface area contributed by atoms with Gasteiger partial charge in [-0.3, -0.25) is 4.52 Å². The average molecular weight is 656 g/mol. The van der Waals surface area contributed by atoms with Crippen LogP contribution in [-0.4, -0.2) is 96.6 Å². The van der Waals surface area contributed by atoms with E-state index in [0.717, 1.165) is 4.31 Å². The first kappa shape index (κ1) is 34.5. The average Bonchev–Trinajstić information content (AvgIpc) is 3.57. The predicted molar refractivity (Wildman–Crippen MR) is 158 cm³/mol. The van der Waals surface area contributed by atoms with Crippen LogP contribution in [0.2, 0.25) is 0 Å². The molecule has 5 N–H and O–H groups in total. The van der Waals surface area contributed by atoms with Crippen molar-refractivity contribution in [2.45, 2.75) is 56.1 Å². The molecule has 1 amide bonds. The zero-order chi connectivity index (χ0) is 32.1. The third-order valence-corrected chi connectivity index (χ3v) is 9.73. The lowest BCUT2D eigenvalue weighted by Gasteiger charge is -2.33. The fourth-order valence-corrected chi connectivity index (χ4v) is 7.45. The second-order valence-electron chi connectivity index (χ2n) is 11.2. The molecule has 2 aliphatic heterocycles. The molecule has 0 bridgehead atoms. The molecule has 5 atom stereocenters. The van der Waals surface area contributed by atoms with Crippen LogP contribution in [0.4, 0.5) is 4.79 Å². The fourth-order valence-electron chi connectivity index (χ4n) is 5.26. The summed E-state index contributed by atoms with van der Waals surface area (Å²) in [5.74, 6) is -0.367. The number of hydrogen-bond acceptors (Lipinski definition) is 10. The molecule has 0 spiro atoms. The maximum absolute atomic E-state index is 13.8. The highest BCUT2D eigenvalue weighted by Crippen LogP contribution is 2.39. The van der Waals surface area contributed by atoms with E-state index >= 15 is 0 Å². The molecule has 0 radical (unpaired) electrons. The first-order valence-electron chi connectivity index (χ1n) is 14.2. The van der Waals surface area contributed by atoms with E-state index in [1.54, 1.807) is 44.2 Å². The Bertz CT molecular complexity index is 1390. The van der Waals surface area contributed by atoms with E-state index in [0.29, 0.717) is 18.6 Å². The van der Waals surface area contributed by atoms with Gasteiger partial charge in [0.2, 0.25) is 10.0 Å². The van der Waals surface area contributed by atoms with Crippen molar-refractivity contribution in [3.8, 4) is 0 Å². The van der Waals surface area contributed by atoms with Crippen LogP contribution in [0, 0.1) is 11.8 Å². The van der Waals surface area contributed by atoms with Gasteiger partial charge in [0, 0.05) is 13.1 Å². The van der Waals surface area contributed by atoms with Gasteiger partial charge in [-0.1, -0.05) is 56.3 Å². The molecule has 2 saturated heterocycles. The van der Waals surface area contributed by atoms with Gasteiger partial charge in [0.25, 0.3) is 0 Å². The lowest BCUT2D eigenvalue weighted by molar-refractivity contribution is -0.0907. The van der Waals surface area contributed by atoms with Crippen molar-refractivity contribution in [3.63, 3.8) is 0 Å². The van der Waals surface area contributed by atoms with Gasteiger partial charge >= 0.3 is 21.0 Å². The van der Waals surface area contributed by atoms with Gasteiger partial charge in [-0.15, -0.1) is 0 Å². The van der Waals surface area contributed by atoms with E-state index in [4.69, 9.17) is 18.7 Å². The number of amides is 1. The third-order valence-electron chi connectivity index (χ3n) is 7.34. The van der Waals surface area contributed by atoms with Crippen LogP contribution < -0.4 is 10.8 Å². The van der Waals surface area contributed by atoms with Gasteiger partial charge in [0.15, 0.2) is 6.29 Å². The van der Waals surface area contributed by atoms with Gasteiger partial charge in [-0.25, -0.2) is 17.8 Å². The summed E-state index contributed by atoms with van der Waals surface area (Å²) in [6, 6.07) is 12.5. The Labute approximate surface area is 256 Å². The number of hydrogen-bond donors (Lipinski definition) is 5. The lowest BCUT2D eigenvalue weighted by Crippen LogP contribution is -2.52. The van der Waals surface area contributed by atoms with Crippen LogP contribution in [0.1, 0.15) is 25.8 Å². The minimum absolute atomic E-state index is 0.0234. The third kappa shape index (κ3) is 9.33. The Balaban J connectivity index is 1.64. The SMILES string of the molecule is CC(C)CN(CC(OP(=O)(O)O)C(Cc1ccccc1)NC(=O)O[C@H]1COC2OCCC21)S(=O)(=O)c1ccc(B(O)O)cc1. The molecule has 0 aliphatic carbocycles. The summed E-state index contributed by atoms with van der Waals surface area (Å²) in [5.41, 5.74) is 0.762. The highest BCUT2D eigenvalue weighted by Gasteiger charge is 2.44. The van der Waals surface area contributed by atoms with Gasteiger partial charge in [-0.2, -0.15) is 4.31 Å². The number of nitrogens with zero attached hydrogens (tertiary/aromatic N) is 1. The number of carbonyl (C=O) groups is 1. The Hall–Kier alpha value is -2.37. The Morgan fingerprint density at radius 1 is 1.09 bits per heavy atom. The minimum atomic E-state index is -5.21. The molecule has 2 aromatic rings. The van der Waals surface area contributed by atoms with Gasteiger partial charge in [-0.05, 0) is 41.9 Å². The number of ether oxygens (including phenoxy) is 3. The molecule has 242 valence electrons. The zero-order valence-electron chi connectivity index (χ0n) is 24.3. The number of benzene rings is 2. The van der Waals surface area contributed by atoms with Gasteiger partial charge < -0.3 is 39.4 Å². The number of rotatable bonds is 14. The van der Waals surface area contributed by atoms with Crippen LogP contribution >= 0.6 is 7.82 Å². The molecule has 14 nitrogen and oxygen atoms in total. The molecule has 4 unspecified atom stereocenters. The van der Waals surface area contributed by atoms with E-state index in [-0.39, 0.29) is 41.8 Å². The summed E-state index contributed by atoms with van der Waals surface area (Å²) in [4.78, 5) is 32.7. The highest BCUT2D eigenvalue weighted by molar-refractivity contribution is 7.89. The number of alkyl carbamates (subject to hydrolysis) is 1. The van der Waals surface area contributed by atoms with Crippen molar-refractivity contribution in [1.82, 2.24) is 9.62 Å². The number of carbonyl (C=O) groups excluding carboxylic acids is 1. The minimum Gasteiger partial charge on any atom is -0.443 e. The largest absolute Gasteiger partial charge is 0.488 e. The maximum atomic E-state index is 13.8. The number of nitrogens with one attached hydrogen (secondary N) is 1. The Morgan fingerprint density at radius 2 is 1.77 bits per heavy atom. The van der Waals surface area contributed by atoms with E-state index in [2.05, 4.69) is 5.32 Å². The van der Waals surface area contributed by atoms with Crippen molar-refractivity contribution >= 4 is 36.5 Å². The molecule has 2 aliphatic rings. The standard InChI is InChI=1S/C27H38BN2O12PS/c1-18(2)15-30(44(37,38)21-10-8-20(9-11-21)28(32)33)16-24(42-43(34,35)36)23(14-19-6-4-3-5-7-19)29-27(31)41-25-17-40-26-22(25)12-13-39-26/h3-11,18,22-26,32-33H,12-17H2,1-2H3,(H,29,31)(H2,34,35,36)/t22?,23?,24?,25-,26?/m0/s1. The highest BCUT2D eigenvalue weighted by atomic mass is 32.2. The van der Waals surface area contributed by atoms with E-state index in [1.807, 2.05) is 0 Å². The summed E-state index contributed by atoms with van der Waals surface area (Å²) < 4.78 is 62.7. The molecule has 0 aromatic heterocycles. The van der Waals surface area contributed by atoms with E-state index in [1.165, 1.54) is 24.3 Å². The molecule has 0 saturated carbocycles. The summed E-state index contributed by atoms with van der Waals surface area (Å²) in [5, 5.41) is 21.5. The lowest BCUT2D eigenvalue weighted by atomic mass is 9.81. The van der Waals surface area contributed by atoms with Crippen LogP contribution in [0.25, 0.3) is 0 Å². The van der Waals surface area contributed by atoms with Crippen LogP contribution in [0.5, 0.6) is 0 Å². The number of sulfonamides is 1. The summed E-state index contributed by atoms with van der Waals surface area (Å²) >= 11 is 0. The second-order valence-corrected chi connectivity index (χ2v) is 14.3. The van der Waals surface area contributed by atoms with Crippen LogP contribution in [0.3, 0.4) is 0 Å². The fraction of sp³-hybridized carbons (Fsp3) is 0.519. The number of fused-ring (bicyclic) bond motifs is 1. The van der Waals surface area contributed by atoms with Crippen molar-refractivity contribution in [1.29, 1.82) is 0 Å². The molecule has 2 heterocycles. The molecule has 17 heteroatoms. The van der Waals surface area contributed by atoms with Crippen LogP contribution in [0.15, 0.2) is 59.5 Å². The second kappa shape index (κ2) is 14.8. The van der Waals surface area contributed by atoms with Crippen molar-refractivity contribution in [2.24, 2.45) is 11.8 Å². The monoisotopic (exact) mass is 656 g/mol. The zero-order valence-corrected chi connectivity index (χ0v) is 26.0. The van der Waals surface area contributed by atoms with Crippen LogP contribution in [-0.2, 0) is 39.7 Å². The molecular weight excluding hydrogens is 618 g/mol. The van der Waals surface area contributed by atoms with Gasteiger partial charge in [0.05, 0.1) is 30.1 Å². The number of phosphoric ester groups is 1. The summed E-state index contributed by atoms with van der Waals surface area (Å²) in [6.45, 7) is 3.54. The maximum Gasteiger partial charge on any atom is 0.488 e. The molecule has 2 fully saturated rings. The van der Waals surface area contributed by atoms with Crippen molar-refractivity contribution in [3.05, 3.63) is 60.2 Å². The first-order chi connectivity index (χ1) is 20.7. The molecule has 4 rings (SSSR count). The van der Waals surface area contributed by atoms with Crippen molar-refractivity contribution < 1.29 is 56.3 Å². The van der Waals surface area contributed by atoms with E-state index < -0.39 is 62.1 Å². The summed E-state index contributed by atoms with van der Waals surface area (Å²) in [7, 11) is -11.3. The Kier molecular flexibility index (Phi) is 11.6. The number of phosphoric acid groups is 1. The normalized spacial score (nSPS) is 21.7. The van der Waals surface area contributed by atoms with Crippen molar-refractivity contribution in [2.75, 3.05) is 26.3 Å². The van der Waals surface area contributed by atoms with Gasteiger partial charge in [0.1, 0.15) is 12.2 Å². The molecule has 44 heavy (non-hydrogen) atoms. The molecular formula is C27H38BN2O12PS. The predicted octanol–water partition coefficient (Wildman–Crippen LogP) is 0.590. The van der Waals surface area contributed by atoms with E-state index in [9.17, 15) is 37.6 Å². The summed E-state index contributed by atoms with van der Waals surface area (Å²) in [6.07, 6.45) is -2.82. The molecule has 2 aromatic carbocycles.